The fraction of sp³-hybridized carbons (Fsp3) is 0.391. The number of nitrogens with two attached hydrogens (primary N) is 1. The van der Waals surface area contributed by atoms with Gasteiger partial charge in [0, 0.05) is 75.6 Å². The number of nitrogens with zero attached hydrogens (tertiary/aromatic N) is 8. The Morgan fingerprint density at radius 3 is 2.27 bits per heavy atom. The first-order chi connectivity index (χ1) is 31.0. The summed E-state index contributed by atoms with van der Waals surface area (Å²) in [6, 6.07) is 16.9. The number of nitrogens with one attached hydrogen (secondary N) is 2. The van der Waals surface area contributed by atoms with Crippen molar-refractivity contribution >= 4 is 52.1 Å². The molecule has 5 aromatic rings. The van der Waals surface area contributed by atoms with E-state index in [-0.39, 0.29) is 31.0 Å². The summed E-state index contributed by atoms with van der Waals surface area (Å²) < 4.78 is 21.1. The highest BCUT2D eigenvalue weighted by Crippen LogP contribution is 2.37. The van der Waals surface area contributed by atoms with Gasteiger partial charge in [-0.1, -0.05) is 24.3 Å². The number of rotatable bonds is 10. The second kappa shape index (κ2) is 16.7. The van der Waals surface area contributed by atoms with Crippen LogP contribution >= 0.6 is 0 Å². The maximum Gasteiger partial charge on any atom is 0.262 e. The van der Waals surface area contributed by atoms with Crippen molar-refractivity contribution in [3.05, 3.63) is 95.1 Å². The number of anilines is 2. The highest BCUT2D eigenvalue weighted by atomic mass is 19.1. The molecule has 2 aromatic heterocycles. The van der Waals surface area contributed by atoms with Gasteiger partial charge in [0.25, 0.3) is 17.7 Å². The fourth-order valence-corrected chi connectivity index (χ4v) is 10.0. The number of halogens is 1. The second-order valence-electron chi connectivity index (χ2n) is 17.2. The number of hydrogen-bond acceptors (Lipinski definition) is 13. The summed E-state index contributed by atoms with van der Waals surface area (Å²) in [5.41, 5.74) is 11.2. The number of likely N-dealkylation sites (tertiary alicyclic amines) is 2. The summed E-state index contributed by atoms with van der Waals surface area (Å²) in [6.45, 7) is 5.82. The lowest BCUT2D eigenvalue weighted by molar-refractivity contribution is -0.136. The molecule has 1 atom stereocenters. The molecule has 0 radical (unpaired) electrons. The van der Waals surface area contributed by atoms with Crippen LogP contribution in [0.25, 0.3) is 22.3 Å². The van der Waals surface area contributed by atoms with Gasteiger partial charge in [0.1, 0.15) is 35.4 Å². The molecule has 5 aliphatic heterocycles. The number of imide groups is 2. The molecule has 330 valence electrons. The van der Waals surface area contributed by atoms with Gasteiger partial charge in [-0.05, 0) is 74.1 Å². The number of carbonyl (C=O) groups is 5. The highest BCUT2D eigenvalue weighted by molar-refractivity contribution is 6.23. The molecule has 7 heterocycles. The third-order valence-corrected chi connectivity index (χ3v) is 13.6. The number of aromatic nitrogens is 4. The third kappa shape index (κ3) is 7.49. The molecule has 0 saturated carbocycles. The number of piperidine rings is 3. The second-order valence-corrected chi connectivity index (χ2v) is 17.2. The number of benzene rings is 3. The molecule has 0 aliphatic carbocycles. The number of hydrogen-bond donors (Lipinski definition) is 3. The molecule has 3 aromatic carbocycles. The van der Waals surface area contributed by atoms with Gasteiger partial charge in [-0.25, -0.2) is 19.0 Å². The average molecular weight is 870 g/mol. The highest BCUT2D eigenvalue weighted by Gasteiger charge is 2.45. The zero-order valence-corrected chi connectivity index (χ0v) is 35.3. The lowest BCUT2D eigenvalue weighted by atomic mass is 9.95. The lowest BCUT2D eigenvalue weighted by Crippen LogP contribution is -2.62. The SMILES string of the molecule is COc1ccc(F)cc1C(=O)NCc1ccc(-c2nn(C3CCN(C4CCN(C5CN(c6ccc7c(c6)C(=O)N(C6CCC(=O)NC6=O)C7=O)C5)CC4)CC3)c3ncnc(N)c23)cc1. The fourth-order valence-electron chi connectivity index (χ4n) is 10.0. The summed E-state index contributed by atoms with van der Waals surface area (Å²) in [5, 5.41) is 10.9. The minimum Gasteiger partial charge on any atom is -0.496 e. The first kappa shape index (κ1) is 41.2. The van der Waals surface area contributed by atoms with Crippen LogP contribution in [0.3, 0.4) is 0 Å². The van der Waals surface area contributed by atoms with Crippen LogP contribution in [0.5, 0.6) is 5.75 Å². The van der Waals surface area contributed by atoms with Gasteiger partial charge in [0.15, 0.2) is 5.65 Å². The van der Waals surface area contributed by atoms with Crippen LogP contribution in [0, 0.1) is 5.82 Å². The largest absolute Gasteiger partial charge is 0.496 e. The van der Waals surface area contributed by atoms with Crippen LogP contribution in [0.4, 0.5) is 15.9 Å². The lowest BCUT2D eigenvalue weighted by Gasteiger charge is -2.50. The van der Waals surface area contributed by atoms with Crippen LogP contribution < -0.4 is 26.0 Å². The predicted octanol–water partition coefficient (Wildman–Crippen LogP) is 3.54. The van der Waals surface area contributed by atoms with E-state index in [2.05, 4.69) is 35.3 Å². The average Bonchev–Trinajstić information content (AvgIpc) is 3.80. The quantitative estimate of drug-likeness (QED) is 0.172. The minimum absolute atomic E-state index is 0.0861. The minimum atomic E-state index is -0.980. The number of carbonyl (C=O) groups excluding carboxylic acids is 5. The topological polar surface area (TPSA) is 201 Å². The Morgan fingerprint density at radius 2 is 1.55 bits per heavy atom. The van der Waals surface area contributed by atoms with Crippen molar-refractivity contribution in [3.63, 3.8) is 0 Å². The van der Waals surface area contributed by atoms with Crippen molar-refractivity contribution in [2.24, 2.45) is 0 Å². The van der Waals surface area contributed by atoms with Crippen molar-refractivity contribution in [2.45, 2.75) is 69.2 Å². The molecule has 4 saturated heterocycles. The van der Waals surface area contributed by atoms with Gasteiger partial charge >= 0.3 is 0 Å². The van der Waals surface area contributed by atoms with Crippen molar-refractivity contribution in [3.8, 4) is 17.0 Å². The van der Waals surface area contributed by atoms with E-state index in [1.807, 2.05) is 35.0 Å². The van der Waals surface area contributed by atoms with E-state index in [0.29, 0.717) is 51.5 Å². The monoisotopic (exact) mass is 869 g/mol. The standard InChI is InChI=1S/C46H48FN11O6/c1-64-37-10-6-28(47)20-35(37)43(60)49-22-26-2-4-27(5-3-26)40-39-41(48)50-25-51-42(39)58(53-40)30-14-18-54(19-15-30)29-12-16-55(17-13-29)32-23-56(24-32)31-7-8-33-34(21-31)46(63)57(45(33)62)36-9-11-38(59)52-44(36)61/h2-8,10,20-21,25,29-30,32,36H,9,11-19,22-24H2,1H3,(H,49,60)(H2,48,50,51)(H,52,59,61). The van der Waals surface area contributed by atoms with E-state index in [0.717, 1.165) is 92.7 Å². The molecule has 18 heteroatoms. The van der Waals surface area contributed by atoms with Crippen molar-refractivity contribution in [1.82, 2.24) is 45.1 Å². The van der Waals surface area contributed by atoms with Crippen LogP contribution in [0.15, 0.2) is 67.0 Å². The van der Waals surface area contributed by atoms with E-state index in [4.69, 9.17) is 15.6 Å². The Morgan fingerprint density at radius 1 is 0.844 bits per heavy atom. The molecular formula is C46H48FN11O6. The number of fused-ring (bicyclic) bond motifs is 2. The molecule has 4 fully saturated rings. The van der Waals surface area contributed by atoms with Crippen molar-refractivity contribution < 1.29 is 33.1 Å². The van der Waals surface area contributed by atoms with Crippen LogP contribution in [-0.2, 0) is 16.1 Å². The van der Waals surface area contributed by atoms with E-state index in [1.54, 1.807) is 12.1 Å². The molecule has 10 rings (SSSR count). The Hall–Kier alpha value is -6.79. The first-order valence-corrected chi connectivity index (χ1v) is 21.8. The number of amides is 5. The number of nitrogen functional groups attached to an aromatic ring is 1. The van der Waals surface area contributed by atoms with Gasteiger partial charge in [-0.3, -0.25) is 39.1 Å². The summed E-state index contributed by atoms with van der Waals surface area (Å²) in [7, 11) is 1.44. The zero-order valence-electron chi connectivity index (χ0n) is 35.3. The maximum absolute atomic E-state index is 13.9. The molecule has 5 aliphatic rings. The van der Waals surface area contributed by atoms with Gasteiger partial charge in [-0.2, -0.15) is 5.10 Å². The molecule has 0 bridgehead atoms. The molecule has 64 heavy (non-hydrogen) atoms. The van der Waals surface area contributed by atoms with Gasteiger partial charge < -0.3 is 25.6 Å². The Balaban J connectivity index is 0.721. The summed E-state index contributed by atoms with van der Waals surface area (Å²) >= 11 is 0. The third-order valence-electron chi connectivity index (χ3n) is 13.6. The smallest absolute Gasteiger partial charge is 0.262 e. The van der Waals surface area contributed by atoms with Crippen molar-refractivity contribution in [1.29, 1.82) is 0 Å². The van der Waals surface area contributed by atoms with Crippen LogP contribution in [0.2, 0.25) is 0 Å². The number of methoxy groups -OCH3 is 1. The summed E-state index contributed by atoms with van der Waals surface area (Å²) in [4.78, 5) is 80.9. The normalized spacial score (nSPS) is 20.4. The first-order valence-electron chi connectivity index (χ1n) is 21.8. The van der Waals surface area contributed by atoms with Crippen LogP contribution in [-0.4, -0.2) is 128 Å². The van der Waals surface area contributed by atoms with Crippen LogP contribution in [0.1, 0.15) is 81.2 Å². The molecular weight excluding hydrogens is 822 g/mol. The number of ether oxygens (including phenoxy) is 1. The predicted molar refractivity (Wildman–Crippen MR) is 233 cm³/mol. The van der Waals surface area contributed by atoms with E-state index >= 15 is 0 Å². The molecule has 0 spiro atoms. The molecule has 1 unspecified atom stereocenters. The van der Waals surface area contributed by atoms with Gasteiger partial charge in [-0.15, -0.1) is 0 Å². The Labute approximate surface area is 367 Å². The van der Waals surface area contributed by atoms with E-state index < -0.39 is 41.4 Å². The Bertz CT molecular complexity index is 2690. The molecule has 4 N–H and O–H groups in total. The van der Waals surface area contributed by atoms with E-state index in [9.17, 15) is 28.4 Å². The maximum atomic E-state index is 13.9. The molecule has 5 amide bonds. The van der Waals surface area contributed by atoms with Gasteiger partial charge in [0.05, 0.1) is 35.2 Å². The summed E-state index contributed by atoms with van der Waals surface area (Å²) in [5.74, 6) is -2.29. The summed E-state index contributed by atoms with van der Waals surface area (Å²) in [6.07, 6.45) is 5.72. The van der Waals surface area contributed by atoms with E-state index in [1.165, 1.54) is 25.6 Å². The Kier molecular flexibility index (Phi) is 10.8. The van der Waals surface area contributed by atoms with Gasteiger partial charge in [0.2, 0.25) is 11.8 Å². The van der Waals surface area contributed by atoms with Crippen molar-refractivity contribution in [2.75, 3.05) is 57.0 Å². The molecule has 17 nitrogen and oxygen atoms in total. The zero-order chi connectivity index (χ0) is 44.2.